The van der Waals surface area contributed by atoms with Crippen molar-refractivity contribution >= 4 is 23.6 Å². The third kappa shape index (κ3) is 5.70. The van der Waals surface area contributed by atoms with Crippen LogP contribution < -0.4 is 15.0 Å². The summed E-state index contributed by atoms with van der Waals surface area (Å²) < 4.78 is 19.8. The predicted molar refractivity (Wildman–Crippen MR) is 119 cm³/mol. The Labute approximate surface area is 182 Å². The van der Waals surface area contributed by atoms with Crippen molar-refractivity contribution in [3.05, 3.63) is 65.7 Å². The van der Waals surface area contributed by atoms with Gasteiger partial charge in [-0.3, -0.25) is 14.5 Å². The molecule has 1 N–H and O–H groups in total. The average Bonchev–Trinajstić information content (AvgIpc) is 2.78. The number of benzene rings is 2. The van der Waals surface area contributed by atoms with Gasteiger partial charge in [-0.2, -0.15) is 0 Å². The van der Waals surface area contributed by atoms with Gasteiger partial charge in [-0.15, -0.1) is 0 Å². The summed E-state index contributed by atoms with van der Waals surface area (Å²) in [7, 11) is 0. The molecule has 3 rings (SSSR count). The molecular weight excluding hydrogens is 397 g/mol. The first-order valence-corrected chi connectivity index (χ1v) is 10.6. The Morgan fingerprint density at radius 3 is 2.58 bits per heavy atom. The van der Waals surface area contributed by atoms with E-state index in [-0.39, 0.29) is 23.8 Å². The lowest BCUT2D eigenvalue weighted by Crippen LogP contribution is -2.44. The zero-order valence-electron chi connectivity index (χ0n) is 17.9. The highest BCUT2D eigenvalue weighted by molar-refractivity contribution is 6.12. The second-order valence-corrected chi connectivity index (χ2v) is 7.22. The molecule has 0 bridgehead atoms. The van der Waals surface area contributed by atoms with Crippen molar-refractivity contribution in [2.75, 3.05) is 37.6 Å². The summed E-state index contributed by atoms with van der Waals surface area (Å²) in [6, 6.07) is 13.1. The van der Waals surface area contributed by atoms with Gasteiger partial charge in [-0.25, -0.2) is 4.39 Å². The predicted octanol–water partition coefficient (Wildman–Crippen LogP) is 3.44. The second kappa shape index (κ2) is 10.7. The topological polar surface area (TPSA) is 61.9 Å². The fourth-order valence-electron chi connectivity index (χ4n) is 3.42. The Morgan fingerprint density at radius 1 is 1.13 bits per heavy atom. The standard InChI is InChI=1S/C24H28FN3O3/c1-3-27(4-2)15-9-14-26-23(29)17-28-20-12-7-8-13-21(20)31-22(24(28)30)16-18-10-5-6-11-19(18)25/h5-8,10-13,16H,3-4,9,14-15,17H2,1-2H3,(H,26,29)/b22-16-. The minimum atomic E-state index is -0.486. The maximum absolute atomic E-state index is 14.1. The molecule has 1 heterocycles. The zero-order valence-corrected chi connectivity index (χ0v) is 17.9. The van der Waals surface area contributed by atoms with Crippen LogP contribution in [0, 0.1) is 5.82 Å². The quantitative estimate of drug-likeness (QED) is 0.494. The van der Waals surface area contributed by atoms with E-state index in [1.807, 2.05) is 0 Å². The third-order valence-electron chi connectivity index (χ3n) is 5.19. The molecule has 1 aliphatic rings. The number of halogens is 1. The highest BCUT2D eigenvalue weighted by Gasteiger charge is 2.31. The van der Waals surface area contributed by atoms with Gasteiger partial charge in [0.2, 0.25) is 5.91 Å². The van der Waals surface area contributed by atoms with Gasteiger partial charge in [0.1, 0.15) is 12.4 Å². The van der Waals surface area contributed by atoms with Gasteiger partial charge < -0.3 is 15.0 Å². The Morgan fingerprint density at radius 2 is 1.84 bits per heavy atom. The first kappa shape index (κ1) is 22.5. The molecule has 6 nitrogen and oxygen atoms in total. The Kier molecular flexibility index (Phi) is 7.78. The van der Waals surface area contributed by atoms with E-state index in [0.717, 1.165) is 26.1 Å². The van der Waals surface area contributed by atoms with E-state index in [0.29, 0.717) is 18.0 Å². The molecule has 7 heteroatoms. The van der Waals surface area contributed by atoms with Crippen molar-refractivity contribution in [2.45, 2.75) is 20.3 Å². The Balaban J connectivity index is 1.72. The lowest BCUT2D eigenvalue weighted by Gasteiger charge is -2.30. The molecule has 0 fully saturated rings. The fourth-order valence-corrected chi connectivity index (χ4v) is 3.42. The molecule has 0 radical (unpaired) electrons. The van der Waals surface area contributed by atoms with Crippen LogP contribution in [0.5, 0.6) is 5.75 Å². The second-order valence-electron chi connectivity index (χ2n) is 7.22. The molecule has 2 aromatic carbocycles. The number of nitrogens with zero attached hydrogens (tertiary/aromatic N) is 2. The van der Waals surface area contributed by atoms with Crippen LogP contribution in [-0.2, 0) is 9.59 Å². The molecular formula is C24H28FN3O3. The van der Waals surface area contributed by atoms with Crippen LogP contribution in [0.25, 0.3) is 6.08 Å². The number of anilines is 1. The van der Waals surface area contributed by atoms with Crippen LogP contribution in [0.2, 0.25) is 0 Å². The number of para-hydroxylation sites is 2. The van der Waals surface area contributed by atoms with Crippen LogP contribution in [-0.4, -0.2) is 49.4 Å². The van der Waals surface area contributed by atoms with Crippen molar-refractivity contribution in [1.29, 1.82) is 0 Å². The van der Waals surface area contributed by atoms with Crippen LogP contribution in [0.3, 0.4) is 0 Å². The molecule has 0 aliphatic carbocycles. The molecule has 0 spiro atoms. The van der Waals surface area contributed by atoms with Crippen molar-refractivity contribution in [2.24, 2.45) is 0 Å². The maximum atomic E-state index is 14.1. The SMILES string of the molecule is CCN(CC)CCCNC(=O)CN1C(=O)/C(=C/c2ccccc2F)Oc2ccccc21. The number of rotatable bonds is 9. The monoisotopic (exact) mass is 425 g/mol. The number of carbonyl (C=O) groups excluding carboxylic acids is 2. The van der Waals surface area contributed by atoms with Crippen LogP contribution >= 0.6 is 0 Å². The number of ether oxygens (including phenoxy) is 1. The van der Waals surface area contributed by atoms with Crippen LogP contribution in [0.15, 0.2) is 54.3 Å². The molecule has 2 amide bonds. The molecule has 0 saturated carbocycles. The normalized spacial score (nSPS) is 14.5. The van der Waals surface area contributed by atoms with Gasteiger partial charge in [0.25, 0.3) is 5.91 Å². The van der Waals surface area contributed by atoms with Crippen molar-refractivity contribution < 1.29 is 18.7 Å². The smallest absolute Gasteiger partial charge is 0.294 e. The Bertz CT molecular complexity index is 957. The van der Waals surface area contributed by atoms with E-state index in [1.54, 1.807) is 42.5 Å². The van der Waals surface area contributed by atoms with E-state index >= 15 is 0 Å². The Hall–Kier alpha value is -3.19. The van der Waals surface area contributed by atoms with Gasteiger partial charge in [0.05, 0.1) is 5.69 Å². The average molecular weight is 426 g/mol. The molecule has 1 aliphatic heterocycles. The molecule has 164 valence electrons. The van der Waals surface area contributed by atoms with Crippen molar-refractivity contribution in [1.82, 2.24) is 10.2 Å². The number of carbonyl (C=O) groups is 2. The summed E-state index contributed by atoms with van der Waals surface area (Å²) in [6.45, 7) is 7.46. The first-order valence-electron chi connectivity index (χ1n) is 10.6. The summed E-state index contributed by atoms with van der Waals surface area (Å²) in [5, 5.41) is 2.88. The van der Waals surface area contributed by atoms with E-state index in [4.69, 9.17) is 4.74 Å². The summed E-state index contributed by atoms with van der Waals surface area (Å²) in [4.78, 5) is 29.2. The number of hydrogen-bond donors (Lipinski definition) is 1. The van der Waals surface area contributed by atoms with E-state index in [2.05, 4.69) is 24.1 Å². The van der Waals surface area contributed by atoms with Crippen molar-refractivity contribution in [3.8, 4) is 5.75 Å². The third-order valence-corrected chi connectivity index (χ3v) is 5.19. The summed E-state index contributed by atoms with van der Waals surface area (Å²) in [6.07, 6.45) is 2.20. The summed E-state index contributed by atoms with van der Waals surface area (Å²) in [5.41, 5.74) is 0.752. The number of nitrogens with one attached hydrogen (secondary N) is 1. The van der Waals surface area contributed by atoms with Gasteiger partial charge >= 0.3 is 0 Å². The van der Waals surface area contributed by atoms with Crippen molar-refractivity contribution in [3.63, 3.8) is 0 Å². The molecule has 0 atom stereocenters. The number of fused-ring (bicyclic) bond motifs is 1. The summed E-state index contributed by atoms with van der Waals surface area (Å²) in [5.74, 6) is -0.782. The van der Waals surface area contributed by atoms with E-state index < -0.39 is 11.7 Å². The van der Waals surface area contributed by atoms with Crippen LogP contribution in [0.4, 0.5) is 10.1 Å². The number of amides is 2. The van der Waals surface area contributed by atoms with Gasteiger partial charge in [-0.1, -0.05) is 44.2 Å². The minimum Gasteiger partial charge on any atom is -0.449 e. The van der Waals surface area contributed by atoms with E-state index in [9.17, 15) is 14.0 Å². The lowest BCUT2D eigenvalue weighted by atomic mass is 10.1. The minimum absolute atomic E-state index is 0.0295. The van der Waals surface area contributed by atoms with Crippen LogP contribution in [0.1, 0.15) is 25.8 Å². The van der Waals surface area contributed by atoms with E-state index in [1.165, 1.54) is 17.0 Å². The first-order chi connectivity index (χ1) is 15.0. The summed E-state index contributed by atoms with van der Waals surface area (Å²) >= 11 is 0. The largest absolute Gasteiger partial charge is 0.449 e. The molecule has 0 saturated heterocycles. The highest BCUT2D eigenvalue weighted by Crippen LogP contribution is 2.35. The van der Waals surface area contributed by atoms with Gasteiger partial charge in [-0.05, 0) is 50.3 Å². The van der Waals surface area contributed by atoms with Gasteiger partial charge in [0, 0.05) is 12.1 Å². The fraction of sp³-hybridized carbons (Fsp3) is 0.333. The maximum Gasteiger partial charge on any atom is 0.294 e. The molecule has 31 heavy (non-hydrogen) atoms. The zero-order chi connectivity index (χ0) is 22.2. The highest BCUT2D eigenvalue weighted by atomic mass is 19.1. The lowest BCUT2D eigenvalue weighted by molar-refractivity contribution is -0.123. The molecule has 2 aromatic rings. The molecule has 0 aromatic heterocycles. The number of hydrogen-bond acceptors (Lipinski definition) is 4. The van der Waals surface area contributed by atoms with Gasteiger partial charge in [0.15, 0.2) is 11.5 Å². The molecule has 0 unspecified atom stereocenters.